The van der Waals surface area contributed by atoms with Crippen molar-refractivity contribution in [1.82, 2.24) is 4.98 Å². The molecule has 1 fully saturated rings. The molecule has 5 rings (SSSR count). The van der Waals surface area contributed by atoms with Gasteiger partial charge in [0.15, 0.2) is 29.5 Å². The van der Waals surface area contributed by atoms with Crippen LogP contribution in [-0.4, -0.2) is 53.5 Å². The van der Waals surface area contributed by atoms with Crippen LogP contribution in [0.25, 0.3) is 32.9 Å². The number of halogens is 4. The van der Waals surface area contributed by atoms with Crippen molar-refractivity contribution in [2.75, 3.05) is 19.5 Å². The van der Waals surface area contributed by atoms with Gasteiger partial charge in [-0.15, -0.1) is 0 Å². The van der Waals surface area contributed by atoms with E-state index in [9.17, 15) is 27.8 Å². The van der Waals surface area contributed by atoms with Crippen LogP contribution in [0.3, 0.4) is 0 Å². The number of H-pyrrole nitrogens is 1. The Bertz CT molecular complexity index is 1440. The molecule has 1 aliphatic heterocycles. The predicted molar refractivity (Wildman–Crippen MR) is 133 cm³/mol. The van der Waals surface area contributed by atoms with Gasteiger partial charge in [0.1, 0.15) is 6.10 Å². The van der Waals surface area contributed by atoms with Crippen molar-refractivity contribution in [2.45, 2.75) is 44.3 Å². The van der Waals surface area contributed by atoms with Gasteiger partial charge in [0, 0.05) is 65.8 Å². The maximum Gasteiger partial charge on any atom is 0.160 e. The zero-order chi connectivity index (χ0) is 27.1. The van der Waals surface area contributed by atoms with E-state index in [4.69, 9.17) is 4.74 Å². The third kappa shape index (κ3) is 5.42. The second kappa shape index (κ2) is 10.3. The summed E-state index contributed by atoms with van der Waals surface area (Å²) in [6, 6.07) is 9.09. The lowest BCUT2D eigenvalue weighted by Gasteiger charge is -2.42. The number of fused-ring (bicyclic) bond motifs is 3. The number of aromatic nitrogens is 1. The topological polar surface area (TPSA) is 86.7 Å². The molecule has 198 valence electrons. The highest BCUT2D eigenvalue weighted by molar-refractivity contribution is 6.08. The van der Waals surface area contributed by atoms with Crippen LogP contribution < -0.4 is 5.32 Å². The lowest BCUT2D eigenvalue weighted by Crippen LogP contribution is -2.55. The van der Waals surface area contributed by atoms with Crippen LogP contribution in [0.2, 0.25) is 0 Å². The standard InChI is InChI=1S/C25H22F4N2O3.C2H6O/c1-25(2)10-22(32)23(33)24(34-25)31-20-8-17(28)15(26)6-13(20)11-3-4-12-14-7-16(27)18(29)9-21(14)30-19(12)5-11;1-3-2/h3-9,22-24,30-33H,10H2,1-2H3;1-2H3. The number of aromatic amines is 1. The van der Waals surface area contributed by atoms with Gasteiger partial charge in [0.05, 0.1) is 11.7 Å². The Morgan fingerprint density at radius 2 is 1.49 bits per heavy atom. The molecular weight excluding hydrogens is 492 g/mol. The average Bonchev–Trinajstić information content (AvgIpc) is 3.16. The molecule has 1 aliphatic rings. The molecule has 6 nitrogen and oxygen atoms in total. The number of hydrogen-bond donors (Lipinski definition) is 4. The molecule has 0 spiro atoms. The number of anilines is 1. The van der Waals surface area contributed by atoms with E-state index in [0.717, 1.165) is 24.3 Å². The van der Waals surface area contributed by atoms with Gasteiger partial charge in [-0.1, -0.05) is 12.1 Å². The molecule has 1 aromatic heterocycles. The molecule has 0 amide bonds. The van der Waals surface area contributed by atoms with Crippen molar-refractivity contribution in [3.05, 3.63) is 65.7 Å². The first kappa shape index (κ1) is 26.9. The fourth-order valence-corrected chi connectivity index (χ4v) is 4.53. The first-order valence-electron chi connectivity index (χ1n) is 11.5. The monoisotopic (exact) mass is 520 g/mol. The Morgan fingerprint density at radius 3 is 2.19 bits per heavy atom. The summed E-state index contributed by atoms with van der Waals surface area (Å²) in [5, 5.41) is 24.6. The fourth-order valence-electron chi connectivity index (χ4n) is 4.53. The van der Waals surface area contributed by atoms with E-state index in [1.165, 1.54) is 0 Å². The second-order valence-electron chi connectivity index (χ2n) is 9.62. The van der Waals surface area contributed by atoms with Gasteiger partial charge in [-0.25, -0.2) is 17.6 Å². The lowest BCUT2D eigenvalue weighted by molar-refractivity contribution is -0.192. The number of aliphatic hydroxyl groups excluding tert-OH is 2. The fraction of sp³-hybridized carbons (Fsp3) is 0.333. The molecule has 2 heterocycles. The molecule has 1 saturated heterocycles. The highest BCUT2D eigenvalue weighted by atomic mass is 19.2. The van der Waals surface area contributed by atoms with Crippen molar-refractivity contribution < 1.29 is 37.2 Å². The largest absolute Gasteiger partial charge is 0.390 e. The van der Waals surface area contributed by atoms with Crippen molar-refractivity contribution >= 4 is 27.5 Å². The zero-order valence-corrected chi connectivity index (χ0v) is 20.7. The van der Waals surface area contributed by atoms with Crippen LogP contribution in [0, 0.1) is 23.3 Å². The number of rotatable bonds is 3. The number of benzene rings is 3. The lowest BCUT2D eigenvalue weighted by atomic mass is 9.92. The Labute approximate surface area is 210 Å². The van der Waals surface area contributed by atoms with Crippen LogP contribution in [0.4, 0.5) is 23.2 Å². The van der Waals surface area contributed by atoms with Crippen molar-refractivity contribution in [1.29, 1.82) is 0 Å². The predicted octanol–water partition coefficient (Wildman–Crippen LogP) is 5.47. The van der Waals surface area contributed by atoms with Gasteiger partial charge < -0.3 is 30.0 Å². The van der Waals surface area contributed by atoms with E-state index in [0.29, 0.717) is 27.4 Å². The van der Waals surface area contributed by atoms with Gasteiger partial charge in [0.2, 0.25) is 0 Å². The van der Waals surface area contributed by atoms with E-state index < -0.39 is 47.3 Å². The zero-order valence-electron chi connectivity index (χ0n) is 20.7. The Hall–Kier alpha value is -3.18. The Morgan fingerprint density at radius 1 is 0.892 bits per heavy atom. The van der Waals surface area contributed by atoms with E-state index >= 15 is 0 Å². The molecule has 10 heteroatoms. The summed E-state index contributed by atoms with van der Waals surface area (Å²) >= 11 is 0. The van der Waals surface area contributed by atoms with Crippen molar-refractivity contribution in [2.24, 2.45) is 0 Å². The van der Waals surface area contributed by atoms with Crippen LogP contribution in [0.5, 0.6) is 0 Å². The summed E-state index contributed by atoms with van der Waals surface area (Å²) in [6.45, 7) is 3.50. The van der Waals surface area contributed by atoms with Crippen molar-refractivity contribution in [3.8, 4) is 11.1 Å². The van der Waals surface area contributed by atoms with Crippen LogP contribution in [-0.2, 0) is 9.47 Å². The number of aliphatic hydroxyl groups is 2. The minimum absolute atomic E-state index is 0.139. The molecule has 0 radical (unpaired) electrons. The molecular formula is C27H28F4N2O4. The van der Waals surface area contributed by atoms with E-state index in [1.54, 1.807) is 46.3 Å². The van der Waals surface area contributed by atoms with Crippen LogP contribution in [0.15, 0.2) is 42.5 Å². The van der Waals surface area contributed by atoms with Gasteiger partial charge in [0.25, 0.3) is 0 Å². The highest BCUT2D eigenvalue weighted by Crippen LogP contribution is 2.37. The highest BCUT2D eigenvalue weighted by Gasteiger charge is 2.41. The first-order chi connectivity index (χ1) is 17.4. The third-order valence-electron chi connectivity index (χ3n) is 6.16. The molecule has 0 bridgehead atoms. The van der Waals surface area contributed by atoms with Gasteiger partial charge in [-0.2, -0.15) is 0 Å². The maximum atomic E-state index is 14.2. The van der Waals surface area contributed by atoms with E-state index in [1.807, 2.05) is 0 Å². The first-order valence-corrected chi connectivity index (χ1v) is 11.5. The summed E-state index contributed by atoms with van der Waals surface area (Å²) in [5.74, 6) is -4.14. The minimum Gasteiger partial charge on any atom is -0.390 e. The number of methoxy groups -OCH3 is 1. The molecule has 0 aliphatic carbocycles. The summed E-state index contributed by atoms with van der Waals surface area (Å²) in [7, 11) is 3.25. The average molecular weight is 521 g/mol. The Balaban J connectivity index is 0.00000102. The third-order valence-corrected chi connectivity index (χ3v) is 6.16. The smallest absolute Gasteiger partial charge is 0.160 e. The molecule has 4 aromatic rings. The summed E-state index contributed by atoms with van der Waals surface area (Å²) in [6.07, 6.45) is -3.24. The number of ether oxygens (including phenoxy) is 2. The Kier molecular flexibility index (Phi) is 7.48. The summed E-state index contributed by atoms with van der Waals surface area (Å²) < 4.78 is 65.9. The van der Waals surface area contributed by atoms with Gasteiger partial charge in [-0.05, 0) is 37.6 Å². The molecule has 0 saturated carbocycles. The van der Waals surface area contributed by atoms with Gasteiger partial charge in [-0.3, -0.25) is 0 Å². The van der Waals surface area contributed by atoms with Crippen molar-refractivity contribution in [3.63, 3.8) is 0 Å². The number of nitrogens with one attached hydrogen (secondary N) is 2. The number of hydrogen-bond acceptors (Lipinski definition) is 5. The SMILES string of the molecule is CC1(C)CC(O)C(O)C(Nc2cc(F)c(F)cc2-c2ccc3c(c2)[nH]c2cc(F)c(F)cc23)O1.COC. The quantitative estimate of drug-likeness (QED) is 0.270. The van der Waals surface area contributed by atoms with Crippen LogP contribution >= 0.6 is 0 Å². The minimum atomic E-state index is -1.30. The van der Waals surface area contributed by atoms with E-state index in [2.05, 4.69) is 15.0 Å². The molecule has 3 aromatic carbocycles. The molecule has 37 heavy (non-hydrogen) atoms. The van der Waals surface area contributed by atoms with E-state index in [-0.39, 0.29) is 17.7 Å². The van der Waals surface area contributed by atoms with Gasteiger partial charge >= 0.3 is 0 Å². The summed E-state index contributed by atoms with van der Waals surface area (Å²) in [4.78, 5) is 3.01. The summed E-state index contributed by atoms with van der Waals surface area (Å²) in [5.41, 5.74) is 1.06. The maximum absolute atomic E-state index is 14.2. The van der Waals surface area contributed by atoms with Crippen LogP contribution in [0.1, 0.15) is 20.3 Å². The molecule has 3 unspecified atom stereocenters. The normalized spacial score (nSPS) is 21.1. The molecule has 4 N–H and O–H groups in total. The molecule has 3 atom stereocenters. The second-order valence-corrected chi connectivity index (χ2v) is 9.62.